The maximum atomic E-state index is 13.3. The third kappa shape index (κ3) is 5.49. The number of hydrogen-bond donors (Lipinski definition) is 2. The largest absolute Gasteiger partial charge is 0.483 e. The quantitative estimate of drug-likeness (QED) is 0.639. The van der Waals surface area contributed by atoms with E-state index in [-0.39, 0.29) is 18.4 Å². The van der Waals surface area contributed by atoms with Gasteiger partial charge in [0.2, 0.25) is 5.91 Å². The van der Waals surface area contributed by atoms with Gasteiger partial charge in [0.25, 0.3) is 6.47 Å². The fourth-order valence-electron chi connectivity index (χ4n) is 4.51. The summed E-state index contributed by atoms with van der Waals surface area (Å²) in [6.45, 7) is 7.54. The molecule has 0 spiro atoms. The van der Waals surface area contributed by atoms with Crippen LogP contribution in [0.2, 0.25) is 5.02 Å². The van der Waals surface area contributed by atoms with E-state index in [1.165, 1.54) is 11.3 Å². The van der Waals surface area contributed by atoms with Crippen molar-refractivity contribution in [2.45, 2.75) is 39.3 Å². The molecule has 32 heavy (non-hydrogen) atoms. The number of hydrogen-bond acceptors (Lipinski definition) is 5. The zero-order valence-electron chi connectivity index (χ0n) is 18.8. The van der Waals surface area contributed by atoms with Crippen LogP contribution in [0.25, 0.3) is 0 Å². The molecule has 0 aliphatic carbocycles. The number of carboxylic acid groups (broad SMARTS) is 1. The number of likely N-dealkylation sites (tertiary alicyclic amines) is 1. The van der Waals surface area contributed by atoms with Crippen molar-refractivity contribution in [2.24, 2.45) is 12.5 Å². The molecule has 1 unspecified atom stereocenters. The molecule has 2 aliphatic rings. The van der Waals surface area contributed by atoms with Crippen molar-refractivity contribution >= 4 is 24.0 Å². The number of benzene rings is 1. The summed E-state index contributed by atoms with van der Waals surface area (Å²) in [7, 11) is 1.98. The molecule has 9 heteroatoms. The summed E-state index contributed by atoms with van der Waals surface area (Å²) >= 11 is 6.04. The van der Waals surface area contributed by atoms with Crippen LogP contribution in [0.15, 0.2) is 24.3 Å². The molecule has 1 aromatic heterocycles. The molecule has 2 aliphatic heterocycles. The van der Waals surface area contributed by atoms with Crippen LogP contribution in [0.4, 0.5) is 0 Å². The molecule has 1 amide bonds. The average molecular weight is 463 g/mol. The van der Waals surface area contributed by atoms with E-state index in [4.69, 9.17) is 26.2 Å². The Hall–Kier alpha value is -2.42. The molecular formula is C23H31ClN4O4. The van der Waals surface area contributed by atoms with Crippen molar-refractivity contribution in [2.75, 3.05) is 26.3 Å². The Bertz CT molecular complexity index is 932. The van der Waals surface area contributed by atoms with Crippen LogP contribution in [0, 0.1) is 19.3 Å². The number of nitrogens with zero attached hydrogens (tertiary/aromatic N) is 3. The highest BCUT2D eigenvalue weighted by Gasteiger charge is 2.49. The Morgan fingerprint density at radius 1 is 1.34 bits per heavy atom. The number of ether oxygens (including phenoxy) is 1. The second-order valence-electron chi connectivity index (χ2n) is 8.64. The lowest BCUT2D eigenvalue weighted by molar-refractivity contribution is -0.143. The standard InChI is InChI=1S/C22H29ClN4O2.CH2O2/c1-15-20(16(2)26(3)25-15)11-27-13-22(14-27,10-17-4-6-18(23)7-5-17)21(28)24-19-8-9-29-12-19;2-1-3/h4-7,19H,8-14H2,1-3H3,(H,24,28);1H,(H,2,3). The van der Waals surface area contributed by atoms with Crippen LogP contribution in [0.3, 0.4) is 0 Å². The normalized spacial score (nSPS) is 19.6. The minimum absolute atomic E-state index is 0.126. The topological polar surface area (TPSA) is 96.7 Å². The van der Waals surface area contributed by atoms with E-state index in [0.29, 0.717) is 18.1 Å². The molecule has 1 aromatic carbocycles. The summed E-state index contributed by atoms with van der Waals surface area (Å²) in [6, 6.07) is 7.96. The highest BCUT2D eigenvalue weighted by Crippen LogP contribution is 2.37. The molecule has 174 valence electrons. The third-order valence-electron chi connectivity index (χ3n) is 6.30. The van der Waals surface area contributed by atoms with Crippen LogP contribution < -0.4 is 5.32 Å². The van der Waals surface area contributed by atoms with Gasteiger partial charge in [0.1, 0.15) is 0 Å². The smallest absolute Gasteiger partial charge is 0.290 e. The molecule has 8 nitrogen and oxygen atoms in total. The van der Waals surface area contributed by atoms with Gasteiger partial charge in [0, 0.05) is 49.6 Å². The Kier molecular flexibility index (Phi) is 7.92. The van der Waals surface area contributed by atoms with Gasteiger partial charge in [0.15, 0.2) is 0 Å². The molecule has 3 heterocycles. The molecular weight excluding hydrogens is 432 g/mol. The van der Waals surface area contributed by atoms with E-state index < -0.39 is 5.41 Å². The highest BCUT2D eigenvalue weighted by molar-refractivity contribution is 6.30. The SMILES string of the molecule is Cc1nn(C)c(C)c1CN1CC(Cc2ccc(Cl)cc2)(C(=O)NC2CCOC2)C1.O=CO. The fraction of sp³-hybridized carbons (Fsp3) is 0.522. The van der Waals surface area contributed by atoms with E-state index in [9.17, 15) is 4.79 Å². The zero-order chi connectivity index (χ0) is 23.3. The molecule has 1 atom stereocenters. The number of aryl methyl sites for hydroxylation is 2. The van der Waals surface area contributed by atoms with Gasteiger partial charge in [-0.25, -0.2) is 0 Å². The molecule has 2 N–H and O–H groups in total. The van der Waals surface area contributed by atoms with Crippen LogP contribution >= 0.6 is 11.6 Å². The number of carbonyl (C=O) groups is 2. The minimum Gasteiger partial charge on any atom is -0.483 e. The first-order valence-electron chi connectivity index (χ1n) is 10.7. The van der Waals surface area contributed by atoms with E-state index in [1.54, 1.807) is 0 Å². The highest BCUT2D eigenvalue weighted by atomic mass is 35.5. The monoisotopic (exact) mass is 462 g/mol. The predicted molar refractivity (Wildman–Crippen MR) is 122 cm³/mol. The average Bonchev–Trinajstić information content (AvgIpc) is 3.31. The molecule has 2 aromatic rings. The van der Waals surface area contributed by atoms with Crippen molar-refractivity contribution in [3.63, 3.8) is 0 Å². The first kappa shape index (κ1) is 24.2. The molecule has 2 fully saturated rings. The van der Waals surface area contributed by atoms with Gasteiger partial charge >= 0.3 is 0 Å². The lowest BCUT2D eigenvalue weighted by atomic mass is 9.73. The molecule has 4 rings (SSSR count). The van der Waals surface area contributed by atoms with Gasteiger partial charge in [-0.3, -0.25) is 19.2 Å². The summed E-state index contributed by atoms with van der Waals surface area (Å²) in [5.74, 6) is 0.138. The van der Waals surface area contributed by atoms with Gasteiger partial charge in [-0.05, 0) is 44.4 Å². The second kappa shape index (κ2) is 10.5. The first-order valence-corrected chi connectivity index (χ1v) is 11.1. The van der Waals surface area contributed by atoms with Crippen molar-refractivity contribution in [1.29, 1.82) is 0 Å². The van der Waals surface area contributed by atoms with Gasteiger partial charge < -0.3 is 15.2 Å². The van der Waals surface area contributed by atoms with Crippen molar-refractivity contribution in [3.8, 4) is 0 Å². The minimum atomic E-state index is -0.416. The number of nitrogens with one attached hydrogen (secondary N) is 1. The third-order valence-corrected chi connectivity index (χ3v) is 6.55. The van der Waals surface area contributed by atoms with Gasteiger partial charge in [-0.15, -0.1) is 0 Å². The number of rotatable bonds is 6. The molecule has 0 radical (unpaired) electrons. The van der Waals surface area contributed by atoms with Gasteiger partial charge in [-0.1, -0.05) is 23.7 Å². The second-order valence-corrected chi connectivity index (χ2v) is 9.08. The number of amides is 1. The van der Waals surface area contributed by atoms with Crippen LogP contribution in [0.1, 0.15) is 28.9 Å². The van der Waals surface area contributed by atoms with E-state index >= 15 is 0 Å². The summed E-state index contributed by atoms with van der Waals surface area (Å²) in [5, 5.41) is 15.4. The number of halogens is 1. The molecule has 0 bridgehead atoms. The van der Waals surface area contributed by atoms with Crippen molar-refractivity contribution in [3.05, 3.63) is 51.8 Å². The Morgan fingerprint density at radius 3 is 2.53 bits per heavy atom. The molecule has 2 saturated heterocycles. The summed E-state index contributed by atoms with van der Waals surface area (Å²) < 4.78 is 7.36. The first-order chi connectivity index (χ1) is 15.3. The maximum Gasteiger partial charge on any atom is 0.290 e. The lowest BCUT2D eigenvalue weighted by Gasteiger charge is -2.49. The maximum absolute atomic E-state index is 13.3. The van der Waals surface area contributed by atoms with E-state index in [1.807, 2.05) is 36.0 Å². The van der Waals surface area contributed by atoms with Gasteiger partial charge in [0.05, 0.1) is 23.8 Å². The van der Waals surface area contributed by atoms with Crippen LogP contribution in [0.5, 0.6) is 0 Å². The Labute approximate surface area is 193 Å². The number of carbonyl (C=O) groups excluding carboxylic acids is 1. The van der Waals surface area contributed by atoms with E-state index in [0.717, 1.165) is 43.9 Å². The lowest BCUT2D eigenvalue weighted by Crippen LogP contribution is -2.64. The van der Waals surface area contributed by atoms with Crippen LogP contribution in [-0.4, -0.2) is 64.5 Å². The summed E-state index contributed by atoms with van der Waals surface area (Å²) in [6.07, 6.45) is 1.60. The summed E-state index contributed by atoms with van der Waals surface area (Å²) in [5.41, 5.74) is 4.23. The van der Waals surface area contributed by atoms with Crippen LogP contribution in [-0.2, 0) is 34.3 Å². The zero-order valence-corrected chi connectivity index (χ0v) is 19.6. The fourth-order valence-corrected chi connectivity index (χ4v) is 4.63. The predicted octanol–water partition coefficient (Wildman–Crippen LogP) is 2.34. The Morgan fingerprint density at radius 2 is 2.00 bits per heavy atom. The van der Waals surface area contributed by atoms with Gasteiger partial charge in [-0.2, -0.15) is 5.10 Å². The van der Waals surface area contributed by atoms with Crippen molar-refractivity contribution < 1.29 is 19.4 Å². The summed E-state index contributed by atoms with van der Waals surface area (Å²) in [4.78, 5) is 24.0. The number of aromatic nitrogens is 2. The van der Waals surface area contributed by atoms with E-state index in [2.05, 4.69) is 29.2 Å². The molecule has 0 saturated carbocycles. The van der Waals surface area contributed by atoms with Crippen molar-refractivity contribution in [1.82, 2.24) is 20.0 Å². The Balaban J connectivity index is 0.000000913.